The molecule has 1 N–H and O–H groups in total. The van der Waals surface area contributed by atoms with Gasteiger partial charge in [0.1, 0.15) is 0 Å². The second kappa shape index (κ2) is 6.94. The largest absolute Gasteiger partial charge is 0.375 e. The Balaban J connectivity index is 2.01. The third kappa shape index (κ3) is 2.79. The molecule has 0 amide bonds. The van der Waals surface area contributed by atoms with Crippen LogP contribution >= 0.6 is 15.9 Å². The molecular formula is C23H18BrNO. The Kier molecular flexibility index (Phi) is 4.49. The smallest absolute Gasteiger partial charge is 0.155 e. The van der Waals surface area contributed by atoms with E-state index in [-0.39, 0.29) is 0 Å². The zero-order chi connectivity index (χ0) is 18.0. The maximum atomic E-state index is 12.0. The molecule has 3 heteroatoms. The van der Waals surface area contributed by atoms with Gasteiger partial charge in [0.15, 0.2) is 5.60 Å². The summed E-state index contributed by atoms with van der Waals surface area (Å²) in [7, 11) is 0. The summed E-state index contributed by atoms with van der Waals surface area (Å²) in [6.45, 7) is 0. The van der Waals surface area contributed by atoms with E-state index in [9.17, 15) is 5.11 Å². The van der Waals surface area contributed by atoms with E-state index in [4.69, 9.17) is 0 Å². The van der Waals surface area contributed by atoms with Crippen molar-refractivity contribution in [2.75, 3.05) is 0 Å². The average molecular weight is 404 g/mol. The maximum absolute atomic E-state index is 12.0. The van der Waals surface area contributed by atoms with Crippen LogP contribution in [-0.2, 0) is 5.60 Å². The molecule has 0 spiro atoms. The predicted octanol–water partition coefficient (Wildman–Crippen LogP) is 5.52. The van der Waals surface area contributed by atoms with E-state index in [0.717, 1.165) is 27.1 Å². The highest BCUT2D eigenvalue weighted by Crippen LogP contribution is 2.39. The Hall–Kier alpha value is -2.62. The molecule has 0 unspecified atom stereocenters. The van der Waals surface area contributed by atoms with Gasteiger partial charge in [-0.25, -0.2) is 0 Å². The average Bonchev–Trinajstić information content (AvgIpc) is 3.11. The summed E-state index contributed by atoms with van der Waals surface area (Å²) in [6.07, 6.45) is 0. The number of rotatable bonds is 4. The fraction of sp³-hybridized carbons (Fsp3) is 0.0435. The molecule has 1 aromatic heterocycles. The normalized spacial score (nSPS) is 11.5. The zero-order valence-corrected chi connectivity index (χ0v) is 15.7. The first kappa shape index (κ1) is 16.8. The van der Waals surface area contributed by atoms with Gasteiger partial charge in [0.2, 0.25) is 0 Å². The van der Waals surface area contributed by atoms with E-state index in [0.29, 0.717) is 0 Å². The summed E-state index contributed by atoms with van der Waals surface area (Å²) in [6, 6.07) is 33.6. The molecule has 4 aromatic rings. The van der Waals surface area contributed by atoms with Crippen molar-refractivity contribution in [1.29, 1.82) is 0 Å². The van der Waals surface area contributed by atoms with Crippen molar-refractivity contribution < 1.29 is 5.11 Å². The van der Waals surface area contributed by atoms with E-state index in [2.05, 4.69) is 15.9 Å². The third-order valence-corrected chi connectivity index (χ3v) is 5.22. The van der Waals surface area contributed by atoms with E-state index >= 15 is 0 Å². The standard InChI is InChI=1S/C23H18BrNO/c24-22-17-16-21(25(22)20-14-8-3-9-15-20)23(26,18-10-4-1-5-11-18)19-12-6-2-7-13-19/h1-17,26H. The van der Waals surface area contributed by atoms with Gasteiger partial charge in [0, 0.05) is 5.69 Å². The molecule has 128 valence electrons. The van der Waals surface area contributed by atoms with Gasteiger partial charge in [0.25, 0.3) is 0 Å². The first-order valence-corrected chi connectivity index (χ1v) is 9.27. The number of para-hydroxylation sites is 1. The van der Waals surface area contributed by atoms with E-state index in [1.807, 2.05) is 108 Å². The van der Waals surface area contributed by atoms with Gasteiger partial charge in [-0.15, -0.1) is 0 Å². The SMILES string of the molecule is OC(c1ccccc1)(c1ccccc1)c1ccc(Br)n1-c1ccccc1. The topological polar surface area (TPSA) is 25.2 Å². The maximum Gasteiger partial charge on any atom is 0.155 e. The lowest BCUT2D eigenvalue weighted by atomic mass is 9.83. The summed E-state index contributed by atoms with van der Waals surface area (Å²) >= 11 is 3.64. The Morgan fingerprint density at radius 2 is 1.08 bits per heavy atom. The minimum Gasteiger partial charge on any atom is -0.375 e. The van der Waals surface area contributed by atoms with Crippen LogP contribution in [0.25, 0.3) is 5.69 Å². The highest BCUT2D eigenvalue weighted by atomic mass is 79.9. The first-order valence-electron chi connectivity index (χ1n) is 8.48. The molecule has 0 fully saturated rings. The highest BCUT2D eigenvalue weighted by Gasteiger charge is 2.37. The molecule has 0 aliphatic heterocycles. The fourth-order valence-electron chi connectivity index (χ4n) is 3.35. The summed E-state index contributed by atoms with van der Waals surface area (Å²) in [5.74, 6) is 0. The predicted molar refractivity (Wildman–Crippen MR) is 108 cm³/mol. The second-order valence-electron chi connectivity index (χ2n) is 6.15. The number of aliphatic hydroxyl groups is 1. The number of halogens is 1. The lowest BCUT2D eigenvalue weighted by Gasteiger charge is -2.31. The Labute approximate surface area is 161 Å². The molecular weight excluding hydrogens is 386 g/mol. The molecule has 26 heavy (non-hydrogen) atoms. The summed E-state index contributed by atoms with van der Waals surface area (Å²) in [5.41, 5.74) is 2.16. The zero-order valence-electron chi connectivity index (χ0n) is 14.1. The third-order valence-electron chi connectivity index (χ3n) is 4.60. The van der Waals surface area contributed by atoms with Crippen molar-refractivity contribution in [2.24, 2.45) is 0 Å². The number of benzene rings is 3. The van der Waals surface area contributed by atoms with Gasteiger partial charge in [-0.05, 0) is 51.3 Å². The molecule has 0 aliphatic carbocycles. The van der Waals surface area contributed by atoms with Crippen LogP contribution in [0.2, 0.25) is 0 Å². The van der Waals surface area contributed by atoms with Gasteiger partial charge in [-0.2, -0.15) is 0 Å². The lowest BCUT2D eigenvalue weighted by molar-refractivity contribution is 0.119. The molecule has 2 nitrogen and oxygen atoms in total. The van der Waals surface area contributed by atoms with Crippen LogP contribution in [-0.4, -0.2) is 9.67 Å². The Morgan fingerprint density at radius 3 is 1.58 bits per heavy atom. The van der Waals surface area contributed by atoms with Crippen LogP contribution in [0.3, 0.4) is 0 Å². The van der Waals surface area contributed by atoms with Gasteiger partial charge in [-0.3, -0.25) is 0 Å². The van der Waals surface area contributed by atoms with Crippen molar-refractivity contribution in [3.8, 4) is 5.69 Å². The van der Waals surface area contributed by atoms with E-state index < -0.39 is 5.60 Å². The molecule has 0 saturated carbocycles. The molecule has 0 aliphatic rings. The summed E-state index contributed by atoms with van der Waals surface area (Å²) < 4.78 is 2.93. The van der Waals surface area contributed by atoms with Crippen LogP contribution in [0, 0.1) is 0 Å². The lowest BCUT2D eigenvalue weighted by Crippen LogP contribution is -2.31. The van der Waals surface area contributed by atoms with Gasteiger partial charge in [-0.1, -0.05) is 78.9 Å². The Bertz CT molecular complexity index is 955. The van der Waals surface area contributed by atoms with Crippen LogP contribution in [0.4, 0.5) is 0 Å². The fourth-order valence-corrected chi connectivity index (χ4v) is 3.88. The highest BCUT2D eigenvalue weighted by molar-refractivity contribution is 9.10. The molecule has 0 bridgehead atoms. The molecule has 0 radical (unpaired) electrons. The number of aromatic nitrogens is 1. The number of hydrogen-bond acceptors (Lipinski definition) is 1. The second-order valence-corrected chi connectivity index (χ2v) is 6.97. The van der Waals surface area contributed by atoms with Crippen molar-refractivity contribution in [3.05, 3.63) is 125 Å². The van der Waals surface area contributed by atoms with Crippen molar-refractivity contribution in [2.45, 2.75) is 5.60 Å². The van der Waals surface area contributed by atoms with Crippen molar-refractivity contribution in [1.82, 2.24) is 4.57 Å². The molecule has 3 aromatic carbocycles. The molecule has 0 atom stereocenters. The molecule has 4 rings (SSSR count). The van der Waals surface area contributed by atoms with Crippen molar-refractivity contribution >= 4 is 15.9 Å². The van der Waals surface area contributed by atoms with Gasteiger partial charge in [0.05, 0.1) is 10.3 Å². The minimum atomic E-state index is -1.27. The quantitative estimate of drug-likeness (QED) is 0.476. The van der Waals surface area contributed by atoms with Crippen LogP contribution in [0.15, 0.2) is 108 Å². The number of nitrogens with zero attached hydrogens (tertiary/aromatic N) is 1. The molecule has 1 heterocycles. The molecule has 0 saturated heterocycles. The van der Waals surface area contributed by atoms with Crippen LogP contribution < -0.4 is 0 Å². The van der Waals surface area contributed by atoms with E-state index in [1.165, 1.54) is 0 Å². The summed E-state index contributed by atoms with van der Waals surface area (Å²) in [5, 5.41) is 12.0. The van der Waals surface area contributed by atoms with Crippen LogP contribution in [0.5, 0.6) is 0 Å². The number of hydrogen-bond donors (Lipinski definition) is 1. The Morgan fingerprint density at radius 1 is 0.615 bits per heavy atom. The van der Waals surface area contributed by atoms with Gasteiger partial charge < -0.3 is 9.67 Å². The van der Waals surface area contributed by atoms with Crippen molar-refractivity contribution in [3.63, 3.8) is 0 Å². The summed E-state index contributed by atoms with van der Waals surface area (Å²) in [4.78, 5) is 0. The minimum absolute atomic E-state index is 0.785. The first-order chi connectivity index (χ1) is 12.7. The monoisotopic (exact) mass is 403 g/mol. The van der Waals surface area contributed by atoms with E-state index in [1.54, 1.807) is 0 Å². The van der Waals surface area contributed by atoms with Gasteiger partial charge >= 0.3 is 0 Å². The van der Waals surface area contributed by atoms with Crippen LogP contribution in [0.1, 0.15) is 16.8 Å².